The molecule has 0 radical (unpaired) electrons. The van der Waals surface area contributed by atoms with E-state index in [-0.39, 0.29) is 10.8 Å². The number of aromatic nitrogens is 6. The van der Waals surface area contributed by atoms with E-state index in [2.05, 4.69) is 34.2 Å². The number of alkyl halides is 3. The molecule has 0 fully saturated rings. The third kappa shape index (κ3) is 2.58. The Kier molecular flexibility index (Phi) is 3.42. The molecule has 10 heteroatoms. The zero-order valence-corrected chi connectivity index (χ0v) is 12.9. The van der Waals surface area contributed by atoms with E-state index in [9.17, 15) is 13.2 Å². The van der Waals surface area contributed by atoms with E-state index in [1.54, 1.807) is 11.7 Å². The Morgan fingerprint density at radius 1 is 1.23 bits per heavy atom. The standard InChI is InChI=1S/C12H13F3N6S/c1-6(2)4-7-5-8(20(3)18-7)9-16-17-11-21(9)19-10(22-11)12(13,14)15/h5-6H,4H2,1-3H3. The molecular formula is C12H13F3N6S. The van der Waals surface area contributed by atoms with Crippen molar-refractivity contribution in [3.8, 4) is 11.5 Å². The van der Waals surface area contributed by atoms with Crippen LogP contribution in [0, 0.1) is 5.92 Å². The lowest BCUT2D eigenvalue weighted by molar-refractivity contribution is -0.138. The summed E-state index contributed by atoms with van der Waals surface area (Å²) in [6, 6.07) is 1.81. The van der Waals surface area contributed by atoms with Gasteiger partial charge in [-0.25, -0.2) is 0 Å². The van der Waals surface area contributed by atoms with Gasteiger partial charge in [-0.05, 0) is 18.4 Å². The summed E-state index contributed by atoms with van der Waals surface area (Å²) < 4.78 is 40.9. The van der Waals surface area contributed by atoms with Crippen LogP contribution in [-0.4, -0.2) is 29.6 Å². The molecule has 0 aliphatic rings. The van der Waals surface area contributed by atoms with Gasteiger partial charge in [0.05, 0.1) is 5.69 Å². The predicted octanol–water partition coefficient (Wildman–Crippen LogP) is 2.80. The quantitative estimate of drug-likeness (QED) is 0.741. The van der Waals surface area contributed by atoms with Gasteiger partial charge in [0.1, 0.15) is 5.69 Å². The summed E-state index contributed by atoms with van der Waals surface area (Å²) in [5.74, 6) is 0.684. The van der Waals surface area contributed by atoms with Crippen LogP contribution in [-0.2, 0) is 19.6 Å². The van der Waals surface area contributed by atoms with Crippen molar-refractivity contribution < 1.29 is 13.2 Å². The van der Waals surface area contributed by atoms with Crippen LogP contribution >= 0.6 is 11.3 Å². The molecule has 0 atom stereocenters. The predicted molar refractivity (Wildman–Crippen MR) is 74.4 cm³/mol. The second-order valence-corrected chi connectivity index (χ2v) is 6.32. The zero-order chi connectivity index (χ0) is 16.1. The average molecular weight is 330 g/mol. The molecule has 0 saturated carbocycles. The number of nitrogens with zero attached hydrogens (tertiary/aromatic N) is 6. The first kappa shape index (κ1) is 14.9. The fourth-order valence-corrected chi connectivity index (χ4v) is 2.85. The zero-order valence-electron chi connectivity index (χ0n) is 12.1. The van der Waals surface area contributed by atoms with Crippen LogP contribution in [0.4, 0.5) is 13.2 Å². The molecule has 3 aromatic rings. The van der Waals surface area contributed by atoms with E-state index < -0.39 is 11.2 Å². The first-order valence-corrected chi connectivity index (χ1v) is 7.40. The molecular weight excluding hydrogens is 317 g/mol. The molecule has 3 heterocycles. The SMILES string of the molecule is CC(C)Cc1cc(-c2nnc3sc(C(F)(F)F)nn23)n(C)n1. The smallest absolute Gasteiger partial charge is 0.264 e. The van der Waals surface area contributed by atoms with Crippen LogP contribution in [0.3, 0.4) is 0 Å². The van der Waals surface area contributed by atoms with Crippen LogP contribution < -0.4 is 0 Å². The van der Waals surface area contributed by atoms with Gasteiger partial charge in [-0.2, -0.15) is 22.8 Å². The first-order valence-electron chi connectivity index (χ1n) is 6.58. The maximum atomic E-state index is 12.7. The van der Waals surface area contributed by atoms with Crippen molar-refractivity contribution in [2.45, 2.75) is 26.4 Å². The molecule has 22 heavy (non-hydrogen) atoms. The minimum Gasteiger partial charge on any atom is -0.264 e. The number of fused-ring (bicyclic) bond motifs is 1. The highest BCUT2D eigenvalue weighted by Crippen LogP contribution is 2.33. The summed E-state index contributed by atoms with van der Waals surface area (Å²) in [6.45, 7) is 4.14. The third-order valence-corrected chi connectivity index (χ3v) is 3.95. The summed E-state index contributed by atoms with van der Waals surface area (Å²) in [5.41, 5.74) is 1.44. The summed E-state index contributed by atoms with van der Waals surface area (Å²) >= 11 is 0.467. The van der Waals surface area contributed by atoms with E-state index in [0.29, 0.717) is 22.9 Å². The third-order valence-electron chi connectivity index (χ3n) is 3.01. The molecule has 0 amide bonds. The second-order valence-electron chi connectivity index (χ2n) is 5.37. The van der Waals surface area contributed by atoms with Gasteiger partial charge in [0, 0.05) is 7.05 Å². The van der Waals surface area contributed by atoms with Gasteiger partial charge in [-0.1, -0.05) is 25.2 Å². The molecule has 6 nitrogen and oxygen atoms in total. The monoisotopic (exact) mass is 330 g/mol. The maximum Gasteiger partial charge on any atom is 0.445 e. The fourth-order valence-electron chi connectivity index (χ4n) is 2.15. The van der Waals surface area contributed by atoms with Gasteiger partial charge < -0.3 is 0 Å². The highest BCUT2D eigenvalue weighted by molar-refractivity contribution is 7.16. The van der Waals surface area contributed by atoms with Crippen LogP contribution in [0.15, 0.2) is 6.07 Å². The largest absolute Gasteiger partial charge is 0.445 e. The van der Waals surface area contributed by atoms with Crippen molar-refractivity contribution in [2.24, 2.45) is 13.0 Å². The highest BCUT2D eigenvalue weighted by Gasteiger charge is 2.36. The van der Waals surface area contributed by atoms with Crippen LogP contribution in [0.25, 0.3) is 16.5 Å². The van der Waals surface area contributed by atoms with Gasteiger partial charge in [-0.15, -0.1) is 15.3 Å². The summed E-state index contributed by atoms with van der Waals surface area (Å²) in [4.78, 5) is 0.105. The van der Waals surface area contributed by atoms with Crippen molar-refractivity contribution >= 4 is 16.3 Å². The van der Waals surface area contributed by atoms with Gasteiger partial charge >= 0.3 is 6.18 Å². The Labute approximate surface area is 127 Å². The molecule has 0 N–H and O–H groups in total. The second kappa shape index (κ2) is 5.04. The number of hydrogen-bond donors (Lipinski definition) is 0. The lowest BCUT2D eigenvalue weighted by Crippen LogP contribution is -2.06. The van der Waals surface area contributed by atoms with Gasteiger partial charge in [0.2, 0.25) is 15.8 Å². The Morgan fingerprint density at radius 2 is 1.95 bits per heavy atom. The Hall–Kier alpha value is -1.97. The molecule has 0 saturated heterocycles. The van der Waals surface area contributed by atoms with Gasteiger partial charge in [-0.3, -0.25) is 4.68 Å². The van der Waals surface area contributed by atoms with E-state index in [4.69, 9.17) is 0 Å². The van der Waals surface area contributed by atoms with Crippen molar-refractivity contribution in [1.82, 2.24) is 29.6 Å². The lowest BCUT2D eigenvalue weighted by atomic mass is 10.1. The molecule has 118 valence electrons. The molecule has 0 unspecified atom stereocenters. The number of halogens is 3. The molecule has 3 aromatic heterocycles. The summed E-state index contributed by atoms with van der Waals surface area (Å²) in [6.07, 6.45) is -3.71. The topological polar surface area (TPSA) is 60.9 Å². The molecule has 0 aliphatic heterocycles. The van der Waals surface area contributed by atoms with Gasteiger partial charge in [0.25, 0.3) is 0 Å². The summed E-state index contributed by atoms with van der Waals surface area (Å²) in [7, 11) is 1.72. The molecule has 0 aromatic carbocycles. The number of hydrogen-bond acceptors (Lipinski definition) is 5. The molecule has 0 spiro atoms. The number of rotatable bonds is 3. The van der Waals surface area contributed by atoms with Crippen molar-refractivity contribution in [1.29, 1.82) is 0 Å². The lowest BCUT2D eigenvalue weighted by Gasteiger charge is -1.99. The molecule has 3 rings (SSSR count). The minimum atomic E-state index is -4.49. The average Bonchev–Trinajstić information content (AvgIpc) is 3.00. The summed E-state index contributed by atoms with van der Waals surface area (Å²) in [5, 5.41) is 14.7. The van der Waals surface area contributed by atoms with E-state index in [1.165, 1.54) is 0 Å². The Bertz CT molecular complexity index is 813. The molecule has 0 bridgehead atoms. The van der Waals surface area contributed by atoms with E-state index in [0.717, 1.165) is 16.6 Å². The van der Waals surface area contributed by atoms with E-state index in [1.807, 2.05) is 6.07 Å². The van der Waals surface area contributed by atoms with Crippen LogP contribution in [0.1, 0.15) is 24.5 Å². The number of aryl methyl sites for hydroxylation is 1. The first-order chi connectivity index (χ1) is 10.3. The highest BCUT2D eigenvalue weighted by atomic mass is 32.1. The fraction of sp³-hybridized carbons (Fsp3) is 0.500. The Morgan fingerprint density at radius 3 is 2.59 bits per heavy atom. The van der Waals surface area contributed by atoms with Crippen LogP contribution in [0.2, 0.25) is 0 Å². The Balaban J connectivity index is 2.07. The van der Waals surface area contributed by atoms with Crippen molar-refractivity contribution in [2.75, 3.05) is 0 Å². The van der Waals surface area contributed by atoms with Crippen molar-refractivity contribution in [3.05, 3.63) is 16.8 Å². The molecule has 0 aliphatic carbocycles. The van der Waals surface area contributed by atoms with Crippen LogP contribution in [0.5, 0.6) is 0 Å². The van der Waals surface area contributed by atoms with Crippen molar-refractivity contribution in [3.63, 3.8) is 0 Å². The normalized spacial score (nSPS) is 12.7. The van der Waals surface area contributed by atoms with E-state index >= 15 is 0 Å². The van der Waals surface area contributed by atoms with Gasteiger partial charge in [0.15, 0.2) is 0 Å². The maximum absolute atomic E-state index is 12.7. The minimum absolute atomic E-state index is 0.105.